The number of halogens is 1. The van der Waals surface area contributed by atoms with Crippen LogP contribution in [0.2, 0.25) is 0 Å². The van der Waals surface area contributed by atoms with Crippen molar-refractivity contribution in [3.8, 4) is 11.1 Å². The minimum atomic E-state index is -0.272. The highest BCUT2D eigenvalue weighted by molar-refractivity contribution is 5.93. The van der Waals surface area contributed by atoms with Crippen LogP contribution < -0.4 is 0 Å². The lowest BCUT2D eigenvalue weighted by Gasteiger charge is -2.34. The number of rotatable bonds is 4. The highest BCUT2D eigenvalue weighted by Gasteiger charge is 2.24. The van der Waals surface area contributed by atoms with Crippen molar-refractivity contribution in [2.75, 3.05) is 26.2 Å². The summed E-state index contributed by atoms with van der Waals surface area (Å²) in [5, 5.41) is 0. The number of nitrogens with zero attached hydrogens (tertiary/aromatic N) is 4. The van der Waals surface area contributed by atoms with Crippen LogP contribution in [0, 0.1) is 5.82 Å². The van der Waals surface area contributed by atoms with Gasteiger partial charge < -0.3 is 9.30 Å². The summed E-state index contributed by atoms with van der Waals surface area (Å²) >= 11 is 0. The number of piperazine rings is 1. The second-order valence-electron chi connectivity index (χ2n) is 7.84. The number of amides is 1. The van der Waals surface area contributed by atoms with Crippen molar-refractivity contribution in [1.82, 2.24) is 19.2 Å². The zero-order chi connectivity index (χ0) is 21.2. The molecule has 5 rings (SSSR count). The van der Waals surface area contributed by atoms with Crippen molar-refractivity contribution in [2.24, 2.45) is 0 Å². The Hall–Kier alpha value is -3.51. The summed E-state index contributed by atoms with van der Waals surface area (Å²) < 4.78 is 15.9. The molecule has 5 nitrogen and oxygen atoms in total. The van der Waals surface area contributed by atoms with Gasteiger partial charge in [-0.15, -0.1) is 0 Å². The van der Waals surface area contributed by atoms with E-state index in [0.29, 0.717) is 30.0 Å². The summed E-state index contributed by atoms with van der Waals surface area (Å²) in [5.41, 5.74) is 3.65. The maximum atomic E-state index is 14.1. The van der Waals surface area contributed by atoms with E-state index in [0.717, 1.165) is 25.2 Å². The Morgan fingerprint density at radius 2 is 1.61 bits per heavy atom. The molecule has 156 valence electrons. The molecule has 31 heavy (non-hydrogen) atoms. The van der Waals surface area contributed by atoms with Crippen LogP contribution in [0.4, 0.5) is 4.39 Å². The van der Waals surface area contributed by atoms with Gasteiger partial charge in [-0.3, -0.25) is 9.69 Å². The van der Waals surface area contributed by atoms with E-state index < -0.39 is 0 Å². The molecule has 6 heteroatoms. The zero-order valence-electron chi connectivity index (χ0n) is 17.1. The molecule has 0 aliphatic carbocycles. The normalized spacial score (nSPS) is 14.8. The van der Waals surface area contributed by atoms with Gasteiger partial charge in [-0.25, -0.2) is 9.37 Å². The molecule has 0 bridgehead atoms. The molecule has 2 aromatic heterocycles. The van der Waals surface area contributed by atoms with Gasteiger partial charge in [-0.2, -0.15) is 0 Å². The Morgan fingerprint density at radius 1 is 0.871 bits per heavy atom. The Balaban J connectivity index is 1.28. The monoisotopic (exact) mass is 414 g/mol. The first-order chi connectivity index (χ1) is 15.2. The lowest BCUT2D eigenvalue weighted by Crippen LogP contribution is -2.48. The van der Waals surface area contributed by atoms with Gasteiger partial charge in [0.15, 0.2) is 0 Å². The summed E-state index contributed by atoms with van der Waals surface area (Å²) in [4.78, 5) is 21.7. The van der Waals surface area contributed by atoms with Gasteiger partial charge in [0.2, 0.25) is 0 Å². The highest BCUT2D eigenvalue weighted by Crippen LogP contribution is 2.23. The molecule has 0 radical (unpaired) electrons. The number of hydrogen-bond acceptors (Lipinski definition) is 3. The number of carbonyl (C=O) groups excluding carboxylic acids is 1. The van der Waals surface area contributed by atoms with Crippen molar-refractivity contribution < 1.29 is 9.18 Å². The Kier molecular flexibility index (Phi) is 5.22. The van der Waals surface area contributed by atoms with E-state index in [-0.39, 0.29) is 11.7 Å². The van der Waals surface area contributed by atoms with E-state index in [1.165, 1.54) is 11.6 Å². The fraction of sp³-hybridized carbons (Fsp3) is 0.200. The van der Waals surface area contributed by atoms with Crippen molar-refractivity contribution in [1.29, 1.82) is 0 Å². The fourth-order valence-corrected chi connectivity index (χ4v) is 4.06. The molecule has 1 amide bonds. The van der Waals surface area contributed by atoms with Gasteiger partial charge in [0.25, 0.3) is 5.91 Å². The summed E-state index contributed by atoms with van der Waals surface area (Å²) in [5.74, 6) is -0.331. The summed E-state index contributed by atoms with van der Waals surface area (Å²) in [6, 6.07) is 20.7. The molecule has 3 heterocycles. The molecule has 4 aromatic rings. The molecule has 1 aliphatic heterocycles. The SMILES string of the molecule is O=C(c1cn2cc(-c3ccccc3F)ccc2n1)N1CCN(Cc2ccccc2)CC1. The number of imidazole rings is 1. The summed E-state index contributed by atoms with van der Waals surface area (Å²) in [7, 11) is 0. The van der Waals surface area contributed by atoms with E-state index in [2.05, 4.69) is 34.1 Å². The Labute approximate surface area is 180 Å². The van der Waals surface area contributed by atoms with Gasteiger partial charge >= 0.3 is 0 Å². The van der Waals surface area contributed by atoms with Gasteiger partial charge in [0.1, 0.15) is 17.2 Å². The smallest absolute Gasteiger partial charge is 0.274 e. The summed E-state index contributed by atoms with van der Waals surface area (Å²) in [6.45, 7) is 3.94. The Morgan fingerprint density at radius 3 is 2.39 bits per heavy atom. The number of fused-ring (bicyclic) bond motifs is 1. The second kappa shape index (κ2) is 8.32. The third-order valence-corrected chi connectivity index (χ3v) is 5.76. The fourth-order valence-electron chi connectivity index (χ4n) is 4.06. The van der Waals surface area contributed by atoms with E-state index in [1.807, 2.05) is 35.4 Å². The Bertz CT molecular complexity index is 1210. The van der Waals surface area contributed by atoms with Crippen molar-refractivity contribution in [3.63, 3.8) is 0 Å². The number of hydrogen-bond donors (Lipinski definition) is 0. The zero-order valence-corrected chi connectivity index (χ0v) is 17.1. The topological polar surface area (TPSA) is 40.9 Å². The lowest BCUT2D eigenvalue weighted by molar-refractivity contribution is 0.0623. The molecular weight excluding hydrogens is 391 g/mol. The molecule has 1 fully saturated rings. The average Bonchev–Trinajstić information content (AvgIpc) is 3.23. The van der Waals surface area contributed by atoms with Crippen molar-refractivity contribution >= 4 is 11.6 Å². The predicted molar refractivity (Wildman–Crippen MR) is 118 cm³/mol. The van der Waals surface area contributed by atoms with Crippen LogP contribution in [0.3, 0.4) is 0 Å². The van der Waals surface area contributed by atoms with Crippen LogP contribution in [0.5, 0.6) is 0 Å². The van der Waals surface area contributed by atoms with Gasteiger partial charge in [0.05, 0.1) is 0 Å². The van der Waals surface area contributed by atoms with Crippen LogP contribution in [0.15, 0.2) is 79.1 Å². The van der Waals surface area contributed by atoms with E-state index in [1.54, 1.807) is 22.7 Å². The van der Waals surface area contributed by atoms with Crippen molar-refractivity contribution in [2.45, 2.75) is 6.54 Å². The van der Waals surface area contributed by atoms with Gasteiger partial charge in [-0.05, 0) is 23.8 Å². The molecule has 0 saturated carbocycles. The molecular formula is C25H23FN4O. The quantitative estimate of drug-likeness (QED) is 0.505. The first-order valence-corrected chi connectivity index (χ1v) is 10.5. The summed E-state index contributed by atoms with van der Waals surface area (Å²) in [6.07, 6.45) is 3.55. The van der Waals surface area contributed by atoms with Gasteiger partial charge in [0, 0.05) is 56.2 Å². The van der Waals surface area contributed by atoms with Crippen molar-refractivity contribution in [3.05, 3.63) is 96.2 Å². The minimum Gasteiger partial charge on any atom is -0.335 e. The third kappa shape index (κ3) is 4.07. The van der Waals surface area contributed by atoms with Crippen LogP contribution in [-0.2, 0) is 6.54 Å². The second-order valence-corrected chi connectivity index (χ2v) is 7.84. The molecule has 0 unspecified atom stereocenters. The number of carbonyl (C=O) groups is 1. The van der Waals surface area contributed by atoms with Crippen LogP contribution in [-0.4, -0.2) is 51.3 Å². The number of pyridine rings is 1. The number of benzene rings is 2. The minimum absolute atomic E-state index is 0.0597. The average molecular weight is 414 g/mol. The van der Waals surface area contributed by atoms with E-state index >= 15 is 0 Å². The highest BCUT2D eigenvalue weighted by atomic mass is 19.1. The molecule has 0 spiro atoms. The first kappa shape index (κ1) is 19.5. The standard InChI is InChI=1S/C25H23FN4O/c26-22-9-5-4-8-21(22)20-10-11-24-27-23(18-30(24)17-20)25(31)29-14-12-28(13-15-29)16-19-6-2-1-3-7-19/h1-11,17-18H,12-16H2. The lowest BCUT2D eigenvalue weighted by atomic mass is 10.1. The molecule has 2 aromatic carbocycles. The number of aromatic nitrogens is 2. The van der Waals surface area contributed by atoms with Gasteiger partial charge in [-0.1, -0.05) is 48.5 Å². The molecule has 1 aliphatic rings. The van der Waals surface area contributed by atoms with Crippen LogP contribution in [0.25, 0.3) is 16.8 Å². The van der Waals surface area contributed by atoms with Crippen LogP contribution in [0.1, 0.15) is 16.1 Å². The predicted octanol–water partition coefficient (Wildman–Crippen LogP) is 4.10. The largest absolute Gasteiger partial charge is 0.335 e. The molecule has 1 saturated heterocycles. The first-order valence-electron chi connectivity index (χ1n) is 10.5. The maximum Gasteiger partial charge on any atom is 0.274 e. The molecule has 0 atom stereocenters. The maximum absolute atomic E-state index is 14.1. The molecule has 0 N–H and O–H groups in total. The van der Waals surface area contributed by atoms with E-state index in [4.69, 9.17) is 0 Å². The van der Waals surface area contributed by atoms with E-state index in [9.17, 15) is 9.18 Å². The van der Waals surface area contributed by atoms with Crippen LogP contribution >= 0.6 is 0 Å². The third-order valence-electron chi connectivity index (χ3n) is 5.76.